The van der Waals surface area contributed by atoms with Gasteiger partial charge in [-0.05, 0) is 34.0 Å². The second-order valence-electron chi connectivity index (χ2n) is 5.03. The molecule has 0 aliphatic heterocycles. The number of hydrogen-bond donors (Lipinski definition) is 2. The number of halogens is 1. The molecule has 0 bridgehead atoms. The fraction of sp³-hybridized carbons (Fsp3) is 0.462. The van der Waals surface area contributed by atoms with Gasteiger partial charge in [-0.2, -0.15) is 4.31 Å². The van der Waals surface area contributed by atoms with Crippen molar-refractivity contribution in [2.75, 3.05) is 13.1 Å². The summed E-state index contributed by atoms with van der Waals surface area (Å²) in [4.78, 5) is 0.213. The third kappa shape index (κ3) is 4.98. The molecule has 1 aromatic rings. The van der Waals surface area contributed by atoms with E-state index >= 15 is 0 Å². The molecule has 0 saturated carbocycles. The number of sulfonamides is 1. The number of amidine groups is 1. The molecule has 0 fully saturated rings. The Hall–Kier alpha value is -1.12. The smallest absolute Gasteiger partial charge is 0.244 e. The standard InChI is InChI=1S/C13H20BrN3O3S/c1-10(2)9-17(8-7-13(15)16-18)21(19,20)12-6-4-3-5-11(12)14/h3-6,10,18H,7-9H2,1-2H3,(H2,15,16). The zero-order valence-electron chi connectivity index (χ0n) is 12.0. The monoisotopic (exact) mass is 377 g/mol. The minimum atomic E-state index is -3.64. The Kier molecular flexibility index (Phi) is 6.63. The van der Waals surface area contributed by atoms with Gasteiger partial charge < -0.3 is 10.9 Å². The normalized spacial score (nSPS) is 13.1. The molecule has 3 N–H and O–H groups in total. The summed E-state index contributed by atoms with van der Waals surface area (Å²) in [6.45, 7) is 4.40. The van der Waals surface area contributed by atoms with Crippen LogP contribution < -0.4 is 5.73 Å². The second-order valence-corrected chi connectivity index (χ2v) is 7.79. The zero-order valence-corrected chi connectivity index (χ0v) is 14.4. The molecule has 0 spiro atoms. The summed E-state index contributed by atoms with van der Waals surface area (Å²) < 4.78 is 27.4. The van der Waals surface area contributed by atoms with E-state index in [1.165, 1.54) is 4.31 Å². The van der Waals surface area contributed by atoms with Crippen molar-refractivity contribution in [1.29, 1.82) is 0 Å². The lowest BCUT2D eigenvalue weighted by molar-refractivity contribution is 0.314. The maximum atomic E-state index is 12.7. The largest absolute Gasteiger partial charge is 0.409 e. The molecule has 0 heterocycles. The van der Waals surface area contributed by atoms with Gasteiger partial charge in [-0.3, -0.25) is 0 Å². The van der Waals surface area contributed by atoms with E-state index in [2.05, 4.69) is 21.1 Å². The topological polar surface area (TPSA) is 96.0 Å². The fourth-order valence-corrected chi connectivity index (χ4v) is 4.37. The molecule has 118 valence electrons. The van der Waals surface area contributed by atoms with Crippen LogP contribution in [-0.4, -0.2) is 36.9 Å². The van der Waals surface area contributed by atoms with E-state index in [0.29, 0.717) is 11.0 Å². The van der Waals surface area contributed by atoms with Crippen LogP contribution in [0, 0.1) is 5.92 Å². The van der Waals surface area contributed by atoms with Gasteiger partial charge >= 0.3 is 0 Å². The quantitative estimate of drug-likeness (QED) is 0.329. The molecule has 0 radical (unpaired) electrons. The van der Waals surface area contributed by atoms with Crippen LogP contribution in [0.1, 0.15) is 20.3 Å². The summed E-state index contributed by atoms with van der Waals surface area (Å²) in [7, 11) is -3.64. The molecule has 21 heavy (non-hydrogen) atoms. The Bertz CT molecular complexity index is 602. The van der Waals surface area contributed by atoms with Crippen LogP contribution >= 0.6 is 15.9 Å². The van der Waals surface area contributed by atoms with Crippen molar-refractivity contribution in [1.82, 2.24) is 4.31 Å². The van der Waals surface area contributed by atoms with Gasteiger partial charge in [-0.1, -0.05) is 31.1 Å². The Balaban J connectivity index is 3.09. The van der Waals surface area contributed by atoms with Crippen LogP contribution in [0.4, 0.5) is 0 Å². The molecule has 0 atom stereocenters. The molecule has 8 heteroatoms. The predicted octanol–water partition coefficient (Wildman–Crippen LogP) is 2.23. The SMILES string of the molecule is CC(C)CN(CCC(N)=NO)S(=O)(=O)c1ccccc1Br. The lowest BCUT2D eigenvalue weighted by Crippen LogP contribution is -2.36. The first kappa shape index (κ1) is 17.9. The average Bonchev–Trinajstić information content (AvgIpc) is 2.42. The fourth-order valence-electron chi connectivity index (χ4n) is 1.80. The lowest BCUT2D eigenvalue weighted by Gasteiger charge is -2.24. The summed E-state index contributed by atoms with van der Waals surface area (Å²) in [5, 5.41) is 11.5. The summed E-state index contributed by atoms with van der Waals surface area (Å²) in [6.07, 6.45) is 0.174. The molecule has 0 amide bonds. The molecule has 1 aromatic carbocycles. The van der Waals surface area contributed by atoms with Crippen molar-refractivity contribution in [3.63, 3.8) is 0 Å². The van der Waals surface area contributed by atoms with Crippen LogP contribution in [0.2, 0.25) is 0 Å². The minimum absolute atomic E-state index is 0.00563. The number of oxime groups is 1. The van der Waals surface area contributed by atoms with Crippen LogP contribution in [0.25, 0.3) is 0 Å². The van der Waals surface area contributed by atoms with Crippen LogP contribution in [-0.2, 0) is 10.0 Å². The molecule has 6 nitrogen and oxygen atoms in total. The van der Waals surface area contributed by atoms with Crippen molar-refractivity contribution in [2.45, 2.75) is 25.2 Å². The lowest BCUT2D eigenvalue weighted by atomic mass is 10.2. The maximum absolute atomic E-state index is 12.7. The van der Waals surface area contributed by atoms with E-state index in [1.54, 1.807) is 24.3 Å². The van der Waals surface area contributed by atoms with Gasteiger partial charge in [0.05, 0.1) is 4.90 Å². The van der Waals surface area contributed by atoms with Crippen molar-refractivity contribution >= 4 is 31.8 Å². The highest BCUT2D eigenvalue weighted by atomic mass is 79.9. The zero-order chi connectivity index (χ0) is 16.0. The van der Waals surface area contributed by atoms with Crippen molar-refractivity contribution < 1.29 is 13.6 Å². The number of benzene rings is 1. The van der Waals surface area contributed by atoms with E-state index < -0.39 is 10.0 Å². The van der Waals surface area contributed by atoms with Gasteiger partial charge in [0.15, 0.2) is 0 Å². The maximum Gasteiger partial charge on any atom is 0.244 e. The van der Waals surface area contributed by atoms with Crippen molar-refractivity contribution in [2.24, 2.45) is 16.8 Å². The van der Waals surface area contributed by atoms with Gasteiger partial charge in [-0.15, -0.1) is 0 Å². The average molecular weight is 378 g/mol. The Labute approximate surface area is 133 Å². The predicted molar refractivity (Wildman–Crippen MR) is 85.8 cm³/mol. The molecule has 0 aliphatic rings. The van der Waals surface area contributed by atoms with Gasteiger partial charge in [0.25, 0.3) is 0 Å². The molecule has 0 aromatic heterocycles. The highest BCUT2D eigenvalue weighted by Crippen LogP contribution is 2.25. The second kappa shape index (κ2) is 7.77. The first-order valence-corrected chi connectivity index (χ1v) is 8.73. The van der Waals surface area contributed by atoms with E-state index in [-0.39, 0.29) is 29.6 Å². The first-order chi connectivity index (χ1) is 9.78. The van der Waals surface area contributed by atoms with Crippen LogP contribution in [0.15, 0.2) is 38.8 Å². The molecule has 0 saturated heterocycles. The van der Waals surface area contributed by atoms with Gasteiger partial charge in [0, 0.05) is 24.0 Å². The van der Waals surface area contributed by atoms with E-state index in [0.717, 1.165) is 0 Å². The highest BCUT2D eigenvalue weighted by molar-refractivity contribution is 9.10. The van der Waals surface area contributed by atoms with Gasteiger partial charge in [0.1, 0.15) is 5.84 Å². The number of rotatable bonds is 7. The molecular weight excluding hydrogens is 358 g/mol. The number of nitrogens with zero attached hydrogens (tertiary/aromatic N) is 2. The van der Waals surface area contributed by atoms with E-state index in [4.69, 9.17) is 10.9 Å². The Morgan fingerprint density at radius 1 is 1.43 bits per heavy atom. The molecule has 0 aliphatic carbocycles. The van der Waals surface area contributed by atoms with Crippen LogP contribution in [0.5, 0.6) is 0 Å². The third-order valence-electron chi connectivity index (χ3n) is 2.77. The van der Waals surface area contributed by atoms with E-state index in [9.17, 15) is 8.42 Å². The van der Waals surface area contributed by atoms with Gasteiger partial charge in [-0.25, -0.2) is 8.42 Å². The summed E-state index contributed by atoms with van der Waals surface area (Å²) >= 11 is 3.27. The highest BCUT2D eigenvalue weighted by Gasteiger charge is 2.26. The van der Waals surface area contributed by atoms with E-state index in [1.807, 2.05) is 13.8 Å². The Morgan fingerprint density at radius 3 is 2.57 bits per heavy atom. The molecule has 1 rings (SSSR count). The summed E-state index contributed by atoms with van der Waals surface area (Å²) in [6, 6.07) is 6.67. The minimum Gasteiger partial charge on any atom is -0.409 e. The number of hydrogen-bond acceptors (Lipinski definition) is 4. The molecular formula is C13H20BrN3O3S. The van der Waals surface area contributed by atoms with Gasteiger partial charge in [0.2, 0.25) is 10.0 Å². The molecule has 0 unspecified atom stereocenters. The summed E-state index contributed by atoms with van der Waals surface area (Å²) in [5.74, 6) is 0.167. The van der Waals surface area contributed by atoms with Crippen molar-refractivity contribution in [3.05, 3.63) is 28.7 Å². The number of nitrogens with two attached hydrogens (primary N) is 1. The third-order valence-corrected chi connectivity index (χ3v) is 5.65. The van der Waals surface area contributed by atoms with Crippen LogP contribution in [0.3, 0.4) is 0 Å². The Morgan fingerprint density at radius 2 is 2.05 bits per heavy atom. The first-order valence-electron chi connectivity index (χ1n) is 6.50. The van der Waals surface area contributed by atoms with Crippen molar-refractivity contribution in [3.8, 4) is 0 Å². The summed E-state index contributed by atoms with van der Waals surface area (Å²) in [5.41, 5.74) is 5.43.